The fourth-order valence-corrected chi connectivity index (χ4v) is 3.27. The van der Waals surface area contributed by atoms with Gasteiger partial charge in [-0.2, -0.15) is 0 Å². The molecule has 1 aromatic rings. The van der Waals surface area contributed by atoms with Gasteiger partial charge in [-0.3, -0.25) is 9.10 Å². The smallest absolute Gasteiger partial charge is 0.232 e. The Bertz CT molecular complexity index is 679. The first-order valence-corrected chi connectivity index (χ1v) is 9.63. The highest BCUT2D eigenvalue weighted by Gasteiger charge is 2.23. The van der Waals surface area contributed by atoms with Gasteiger partial charge in [0, 0.05) is 25.1 Å². The minimum atomic E-state index is -3.60. The summed E-state index contributed by atoms with van der Waals surface area (Å²) in [4.78, 5) is 11.5. The molecule has 0 atom stereocenters. The number of rotatable bonds is 9. The first-order valence-electron chi connectivity index (χ1n) is 7.40. The van der Waals surface area contributed by atoms with E-state index in [1.165, 1.54) is 26.4 Å². The van der Waals surface area contributed by atoms with Crippen LogP contribution in [0.25, 0.3) is 0 Å². The van der Waals surface area contributed by atoms with E-state index in [1.54, 1.807) is 0 Å². The lowest BCUT2D eigenvalue weighted by Gasteiger charge is -2.25. The summed E-state index contributed by atoms with van der Waals surface area (Å²) in [6.07, 6.45) is 2.21. The van der Waals surface area contributed by atoms with E-state index in [4.69, 9.17) is 21.1 Å². The van der Waals surface area contributed by atoms with Gasteiger partial charge in [0.2, 0.25) is 15.9 Å². The van der Waals surface area contributed by atoms with E-state index in [-0.39, 0.29) is 19.0 Å². The normalized spacial score (nSPS) is 11.0. The highest BCUT2D eigenvalue weighted by molar-refractivity contribution is 7.92. The molecule has 1 amide bonds. The monoisotopic (exact) mass is 378 g/mol. The van der Waals surface area contributed by atoms with Crippen LogP contribution >= 0.6 is 11.6 Å². The van der Waals surface area contributed by atoms with E-state index in [2.05, 4.69) is 5.32 Å². The average Bonchev–Trinajstić information content (AvgIpc) is 2.50. The van der Waals surface area contributed by atoms with Crippen LogP contribution in [0.1, 0.15) is 19.8 Å². The summed E-state index contributed by atoms with van der Waals surface area (Å²) in [6.45, 7) is 2.14. The summed E-state index contributed by atoms with van der Waals surface area (Å²) in [5, 5.41) is 3.00. The number of amides is 1. The lowest BCUT2D eigenvalue weighted by molar-refractivity contribution is -0.121. The van der Waals surface area contributed by atoms with Crippen molar-refractivity contribution >= 4 is 33.2 Å². The Hall–Kier alpha value is -1.67. The number of hydrogen-bond donors (Lipinski definition) is 1. The molecule has 0 aliphatic carbocycles. The molecule has 24 heavy (non-hydrogen) atoms. The van der Waals surface area contributed by atoms with Crippen LogP contribution in [0.2, 0.25) is 5.02 Å². The molecule has 9 heteroatoms. The van der Waals surface area contributed by atoms with E-state index >= 15 is 0 Å². The summed E-state index contributed by atoms with van der Waals surface area (Å²) in [6, 6.07) is 2.99. The summed E-state index contributed by atoms with van der Waals surface area (Å²) >= 11 is 6.05. The third-order valence-corrected chi connectivity index (χ3v) is 4.71. The summed E-state index contributed by atoms with van der Waals surface area (Å²) in [5.74, 6) is 0.508. The molecule has 7 nitrogen and oxygen atoms in total. The number of nitrogens with zero attached hydrogens (tertiary/aromatic N) is 1. The topological polar surface area (TPSA) is 84.9 Å². The quantitative estimate of drug-likeness (QED) is 0.710. The molecule has 0 saturated heterocycles. The third kappa shape index (κ3) is 5.45. The van der Waals surface area contributed by atoms with Crippen molar-refractivity contribution in [2.24, 2.45) is 0 Å². The van der Waals surface area contributed by atoms with E-state index in [9.17, 15) is 13.2 Å². The molecule has 0 spiro atoms. The minimum absolute atomic E-state index is 0.0649. The van der Waals surface area contributed by atoms with Gasteiger partial charge in [0.25, 0.3) is 0 Å². The Morgan fingerprint density at radius 3 is 2.38 bits per heavy atom. The van der Waals surface area contributed by atoms with Gasteiger partial charge in [-0.15, -0.1) is 0 Å². The zero-order valence-corrected chi connectivity index (χ0v) is 15.8. The maximum Gasteiger partial charge on any atom is 0.232 e. The first kappa shape index (κ1) is 20.4. The Morgan fingerprint density at radius 2 is 1.88 bits per heavy atom. The number of nitrogens with one attached hydrogen (secondary N) is 1. The van der Waals surface area contributed by atoms with Gasteiger partial charge < -0.3 is 14.8 Å². The molecular formula is C15H23ClN2O5S. The number of anilines is 1. The number of carbonyl (C=O) groups is 1. The second kappa shape index (κ2) is 8.98. The lowest BCUT2D eigenvalue weighted by atomic mass is 10.2. The molecule has 0 aromatic heterocycles. The first-order chi connectivity index (χ1) is 11.2. The van der Waals surface area contributed by atoms with Crippen molar-refractivity contribution in [3.8, 4) is 11.5 Å². The summed E-state index contributed by atoms with van der Waals surface area (Å²) < 4.78 is 35.9. The molecule has 1 aromatic carbocycles. The number of ether oxygens (including phenoxy) is 2. The molecule has 0 saturated carbocycles. The maximum absolute atomic E-state index is 12.2. The minimum Gasteiger partial charge on any atom is -0.495 e. The third-order valence-electron chi connectivity index (χ3n) is 3.24. The molecule has 0 aliphatic rings. The van der Waals surface area contributed by atoms with Gasteiger partial charge in [-0.25, -0.2) is 8.42 Å². The summed E-state index contributed by atoms with van der Waals surface area (Å²) in [5.41, 5.74) is 0.297. The number of halogens is 1. The molecule has 0 radical (unpaired) electrons. The standard InChI is InChI=1S/C15H23ClN2O5S/c1-5-6-15(19)17-7-8-18(24(4,20)21)12-10-13(22-2)11(16)9-14(12)23-3/h9-10H,5-8H2,1-4H3,(H,17,19). The molecule has 0 unspecified atom stereocenters. The van der Waals surface area contributed by atoms with Crippen LogP contribution in [0.4, 0.5) is 5.69 Å². The molecular weight excluding hydrogens is 356 g/mol. The van der Waals surface area contributed by atoms with E-state index in [1.807, 2.05) is 6.92 Å². The van der Waals surface area contributed by atoms with Crippen LogP contribution in [0.15, 0.2) is 12.1 Å². The van der Waals surface area contributed by atoms with Crippen molar-refractivity contribution in [3.63, 3.8) is 0 Å². The molecule has 136 valence electrons. The highest BCUT2D eigenvalue weighted by Crippen LogP contribution is 2.38. The number of methoxy groups -OCH3 is 2. The van der Waals surface area contributed by atoms with Crippen molar-refractivity contribution in [1.82, 2.24) is 5.32 Å². The highest BCUT2D eigenvalue weighted by atomic mass is 35.5. The largest absolute Gasteiger partial charge is 0.495 e. The Balaban J connectivity index is 3.11. The van der Waals surface area contributed by atoms with Gasteiger partial charge in [0.15, 0.2) is 0 Å². The molecule has 0 heterocycles. The molecule has 1 rings (SSSR count). The lowest BCUT2D eigenvalue weighted by Crippen LogP contribution is -2.38. The van der Waals surface area contributed by atoms with Gasteiger partial charge >= 0.3 is 0 Å². The second-order valence-electron chi connectivity index (χ2n) is 5.09. The Kier molecular flexibility index (Phi) is 7.62. The Labute approximate surface area is 147 Å². The van der Waals surface area contributed by atoms with Gasteiger partial charge in [-0.05, 0) is 6.42 Å². The van der Waals surface area contributed by atoms with Crippen molar-refractivity contribution in [3.05, 3.63) is 17.2 Å². The van der Waals surface area contributed by atoms with Gasteiger partial charge in [0.05, 0.1) is 37.7 Å². The second-order valence-corrected chi connectivity index (χ2v) is 7.41. The summed E-state index contributed by atoms with van der Waals surface area (Å²) in [7, 11) is -0.736. The fraction of sp³-hybridized carbons (Fsp3) is 0.533. The predicted octanol–water partition coefficient (Wildman–Crippen LogP) is 2.04. The SMILES string of the molecule is CCCC(=O)NCCN(c1cc(OC)c(Cl)cc1OC)S(C)(=O)=O. The van der Waals surface area contributed by atoms with Gasteiger partial charge in [0.1, 0.15) is 11.5 Å². The zero-order valence-electron chi connectivity index (χ0n) is 14.3. The molecule has 0 aliphatic heterocycles. The van der Waals surface area contributed by atoms with Crippen LogP contribution in [-0.4, -0.2) is 47.9 Å². The molecule has 0 fully saturated rings. The fourth-order valence-electron chi connectivity index (χ4n) is 2.12. The number of hydrogen-bond acceptors (Lipinski definition) is 5. The van der Waals surface area contributed by atoms with Gasteiger partial charge in [-0.1, -0.05) is 18.5 Å². The Morgan fingerprint density at radius 1 is 1.25 bits per heavy atom. The number of benzene rings is 1. The van der Waals surface area contributed by atoms with Crippen molar-refractivity contribution < 1.29 is 22.7 Å². The zero-order chi connectivity index (χ0) is 18.3. The number of sulfonamides is 1. The van der Waals surface area contributed by atoms with E-state index < -0.39 is 10.0 Å². The van der Waals surface area contributed by atoms with Crippen LogP contribution in [-0.2, 0) is 14.8 Å². The maximum atomic E-state index is 12.2. The van der Waals surface area contributed by atoms with Crippen LogP contribution in [0, 0.1) is 0 Å². The molecule has 0 bridgehead atoms. The van der Waals surface area contributed by atoms with E-state index in [0.29, 0.717) is 28.6 Å². The average molecular weight is 379 g/mol. The van der Waals surface area contributed by atoms with Crippen LogP contribution in [0.3, 0.4) is 0 Å². The number of carbonyl (C=O) groups excluding carboxylic acids is 1. The predicted molar refractivity (Wildman–Crippen MR) is 94.7 cm³/mol. The van der Waals surface area contributed by atoms with Crippen molar-refractivity contribution in [2.45, 2.75) is 19.8 Å². The van der Waals surface area contributed by atoms with Crippen molar-refractivity contribution in [2.75, 3.05) is 37.9 Å². The van der Waals surface area contributed by atoms with E-state index in [0.717, 1.165) is 17.0 Å². The van der Waals surface area contributed by atoms with Crippen molar-refractivity contribution in [1.29, 1.82) is 0 Å². The molecule has 1 N–H and O–H groups in total. The van der Waals surface area contributed by atoms with Crippen LogP contribution < -0.4 is 19.1 Å². The van der Waals surface area contributed by atoms with Crippen LogP contribution in [0.5, 0.6) is 11.5 Å².